The Kier molecular flexibility index (Phi) is 15.0. The van der Waals surface area contributed by atoms with Gasteiger partial charge in [0.25, 0.3) is 0 Å². The van der Waals surface area contributed by atoms with Gasteiger partial charge in [-0.05, 0) is 6.42 Å². The van der Waals surface area contributed by atoms with E-state index in [9.17, 15) is 5.11 Å². The van der Waals surface area contributed by atoms with Crippen LogP contribution in [0.4, 0.5) is 0 Å². The van der Waals surface area contributed by atoms with Crippen molar-refractivity contribution >= 4 is 0 Å². The Bertz CT molecular complexity index is 189. The molecule has 20 heavy (non-hydrogen) atoms. The maximum atomic E-state index is 9.23. The van der Waals surface area contributed by atoms with E-state index in [1.165, 1.54) is 32.1 Å². The highest BCUT2D eigenvalue weighted by Crippen LogP contribution is 2.05. The molecule has 122 valence electrons. The molecule has 0 aliphatic heterocycles. The van der Waals surface area contributed by atoms with Gasteiger partial charge in [0.1, 0.15) is 12.2 Å². The Morgan fingerprint density at radius 3 is 2.30 bits per heavy atom. The van der Waals surface area contributed by atoms with Crippen molar-refractivity contribution in [1.29, 1.82) is 0 Å². The molecule has 0 bridgehead atoms. The van der Waals surface area contributed by atoms with Gasteiger partial charge >= 0.3 is 0 Å². The summed E-state index contributed by atoms with van der Waals surface area (Å²) in [5.41, 5.74) is 0. The van der Waals surface area contributed by atoms with Crippen LogP contribution in [-0.2, 0) is 14.2 Å². The van der Waals surface area contributed by atoms with Crippen molar-refractivity contribution < 1.29 is 24.4 Å². The maximum absolute atomic E-state index is 9.23. The zero-order valence-corrected chi connectivity index (χ0v) is 13.1. The molecule has 0 aromatic carbocycles. The number of aliphatic hydroxyl groups excluding tert-OH is 2. The zero-order chi connectivity index (χ0) is 15.1. The fourth-order valence-corrected chi connectivity index (χ4v) is 1.83. The van der Waals surface area contributed by atoms with E-state index < -0.39 is 6.10 Å². The highest BCUT2D eigenvalue weighted by atomic mass is 16.6. The maximum Gasteiger partial charge on any atom is 0.104 e. The van der Waals surface area contributed by atoms with Crippen LogP contribution >= 0.6 is 0 Å². The quantitative estimate of drug-likeness (QED) is 0.450. The molecule has 0 fully saturated rings. The predicted molar refractivity (Wildman–Crippen MR) is 78.9 cm³/mol. The first kappa shape index (κ1) is 19.8. The first-order valence-electron chi connectivity index (χ1n) is 7.71. The van der Waals surface area contributed by atoms with Crippen LogP contribution in [0.25, 0.3) is 0 Å². The number of unbranched alkanes of at least 4 members (excludes halogenated alkanes) is 5. The Morgan fingerprint density at radius 2 is 1.65 bits per heavy atom. The molecule has 0 aromatic heterocycles. The van der Waals surface area contributed by atoms with Crippen LogP contribution in [0.1, 0.15) is 45.4 Å². The number of rotatable bonds is 15. The van der Waals surface area contributed by atoms with E-state index in [1.807, 2.05) is 0 Å². The Morgan fingerprint density at radius 1 is 0.950 bits per heavy atom. The first-order chi connectivity index (χ1) is 9.74. The average Bonchev–Trinajstić information content (AvgIpc) is 2.46. The van der Waals surface area contributed by atoms with Crippen LogP contribution < -0.4 is 0 Å². The van der Waals surface area contributed by atoms with Crippen molar-refractivity contribution in [3.63, 3.8) is 0 Å². The van der Waals surface area contributed by atoms with E-state index in [-0.39, 0.29) is 19.3 Å². The normalized spacial score (nSPS) is 14.4. The lowest BCUT2D eigenvalue weighted by atomic mass is 10.1. The van der Waals surface area contributed by atoms with Gasteiger partial charge in [0.05, 0.1) is 26.4 Å². The number of hydrogen-bond donors (Lipinski definition) is 2. The summed E-state index contributed by atoms with van der Waals surface area (Å²) in [7, 11) is 1.60. The van der Waals surface area contributed by atoms with Crippen LogP contribution in [0.3, 0.4) is 0 Å². The summed E-state index contributed by atoms with van der Waals surface area (Å²) >= 11 is 0. The molecule has 0 rings (SSSR count). The minimum absolute atomic E-state index is 0.102. The molecule has 5 heteroatoms. The summed E-state index contributed by atoms with van der Waals surface area (Å²) in [6, 6.07) is 0. The Hall–Kier alpha value is -0.200. The molecule has 2 atom stereocenters. The third kappa shape index (κ3) is 12.8. The number of ether oxygens (including phenoxy) is 3. The Labute approximate surface area is 123 Å². The van der Waals surface area contributed by atoms with Crippen LogP contribution in [0.15, 0.2) is 0 Å². The number of aliphatic hydroxyl groups is 2. The highest BCUT2D eigenvalue weighted by molar-refractivity contribution is 4.58. The standard InChI is InChI=1S/C15H32O5/c1-3-4-5-6-7-8-9-19-13-15(12-18-2)20-11-14(17)10-16/h14-17H,3-13H2,1-2H3. The van der Waals surface area contributed by atoms with Gasteiger partial charge in [0, 0.05) is 13.7 Å². The molecule has 0 aliphatic rings. The molecule has 0 aromatic rings. The minimum Gasteiger partial charge on any atom is -0.394 e. The molecule has 5 nitrogen and oxygen atoms in total. The van der Waals surface area contributed by atoms with Crippen molar-refractivity contribution in [2.24, 2.45) is 0 Å². The molecule has 0 spiro atoms. The molecular weight excluding hydrogens is 260 g/mol. The lowest BCUT2D eigenvalue weighted by molar-refractivity contribution is -0.0822. The molecule has 0 saturated heterocycles. The van der Waals surface area contributed by atoms with E-state index in [2.05, 4.69) is 6.92 Å². The fraction of sp³-hybridized carbons (Fsp3) is 1.00. The molecule has 0 aliphatic carbocycles. The molecule has 2 N–H and O–H groups in total. The fourth-order valence-electron chi connectivity index (χ4n) is 1.83. The van der Waals surface area contributed by atoms with E-state index in [1.54, 1.807) is 7.11 Å². The van der Waals surface area contributed by atoms with Gasteiger partial charge in [0.2, 0.25) is 0 Å². The van der Waals surface area contributed by atoms with Crippen molar-refractivity contribution in [2.45, 2.75) is 57.7 Å². The summed E-state index contributed by atoms with van der Waals surface area (Å²) in [6.07, 6.45) is 6.42. The third-order valence-corrected chi connectivity index (χ3v) is 3.03. The lowest BCUT2D eigenvalue weighted by Crippen LogP contribution is -2.30. The van der Waals surface area contributed by atoms with E-state index in [0.29, 0.717) is 13.2 Å². The molecule has 0 saturated carbocycles. The second kappa shape index (κ2) is 15.2. The summed E-state index contributed by atoms with van der Waals surface area (Å²) in [4.78, 5) is 0. The topological polar surface area (TPSA) is 68.2 Å². The highest BCUT2D eigenvalue weighted by Gasteiger charge is 2.12. The lowest BCUT2D eigenvalue weighted by Gasteiger charge is -2.18. The first-order valence-corrected chi connectivity index (χ1v) is 7.71. The average molecular weight is 292 g/mol. The Balaban J connectivity index is 3.50. The van der Waals surface area contributed by atoms with Gasteiger partial charge < -0.3 is 24.4 Å². The van der Waals surface area contributed by atoms with Crippen molar-refractivity contribution in [3.05, 3.63) is 0 Å². The predicted octanol–water partition coefficient (Wildman–Crippen LogP) is 1.75. The van der Waals surface area contributed by atoms with Gasteiger partial charge in [-0.1, -0.05) is 39.0 Å². The molecule has 0 amide bonds. The van der Waals surface area contributed by atoms with Crippen LogP contribution in [-0.4, -0.2) is 62.6 Å². The molecule has 2 unspecified atom stereocenters. The summed E-state index contributed by atoms with van der Waals surface area (Å²) in [5, 5.41) is 18.0. The molecule has 0 heterocycles. The van der Waals surface area contributed by atoms with Crippen LogP contribution in [0.2, 0.25) is 0 Å². The largest absolute Gasteiger partial charge is 0.394 e. The third-order valence-electron chi connectivity index (χ3n) is 3.03. The van der Waals surface area contributed by atoms with Gasteiger partial charge in [-0.3, -0.25) is 0 Å². The minimum atomic E-state index is -0.840. The second-order valence-electron chi connectivity index (χ2n) is 5.09. The molecule has 0 radical (unpaired) electrons. The van der Waals surface area contributed by atoms with Crippen molar-refractivity contribution in [1.82, 2.24) is 0 Å². The van der Waals surface area contributed by atoms with Crippen molar-refractivity contribution in [3.8, 4) is 0 Å². The zero-order valence-electron chi connectivity index (χ0n) is 13.1. The van der Waals surface area contributed by atoms with Gasteiger partial charge in [-0.2, -0.15) is 0 Å². The summed E-state index contributed by atoms with van der Waals surface area (Å²) in [6.45, 7) is 3.64. The number of hydrogen-bond acceptors (Lipinski definition) is 5. The van der Waals surface area contributed by atoms with Gasteiger partial charge in [-0.25, -0.2) is 0 Å². The van der Waals surface area contributed by atoms with E-state index >= 15 is 0 Å². The molecular formula is C15H32O5. The van der Waals surface area contributed by atoms with Gasteiger partial charge in [0.15, 0.2) is 0 Å². The van der Waals surface area contributed by atoms with E-state index in [4.69, 9.17) is 19.3 Å². The summed E-state index contributed by atoms with van der Waals surface area (Å²) < 4.78 is 16.0. The van der Waals surface area contributed by atoms with Crippen LogP contribution in [0, 0.1) is 0 Å². The smallest absolute Gasteiger partial charge is 0.104 e. The second-order valence-corrected chi connectivity index (χ2v) is 5.09. The monoisotopic (exact) mass is 292 g/mol. The van der Waals surface area contributed by atoms with Gasteiger partial charge in [-0.15, -0.1) is 0 Å². The van der Waals surface area contributed by atoms with E-state index in [0.717, 1.165) is 13.0 Å². The summed E-state index contributed by atoms with van der Waals surface area (Å²) in [5.74, 6) is 0. The van der Waals surface area contributed by atoms with Crippen molar-refractivity contribution in [2.75, 3.05) is 40.1 Å². The SMILES string of the molecule is CCCCCCCCOCC(COC)OCC(O)CO. The number of methoxy groups -OCH3 is 1. The van der Waals surface area contributed by atoms with Crippen LogP contribution in [0.5, 0.6) is 0 Å².